The smallest absolute Gasteiger partial charge is 0.208 e. The lowest BCUT2D eigenvalue weighted by Crippen LogP contribution is -2.35. The van der Waals surface area contributed by atoms with Crippen molar-refractivity contribution in [2.75, 3.05) is 25.5 Å². The number of thioether (sulfide) groups is 1. The molecule has 0 fully saturated rings. The second-order valence-electron chi connectivity index (χ2n) is 4.14. The molecule has 6 heteroatoms. The van der Waals surface area contributed by atoms with Crippen LogP contribution < -0.4 is 10.2 Å². The van der Waals surface area contributed by atoms with Crippen LogP contribution in [0, 0.1) is 0 Å². The average Bonchev–Trinajstić information content (AvgIpc) is 2.74. The lowest BCUT2D eigenvalue weighted by molar-refractivity contribution is 0.509. The van der Waals surface area contributed by atoms with Gasteiger partial charge in [-0.25, -0.2) is 0 Å². The normalized spacial score (nSPS) is 14.6. The van der Waals surface area contributed by atoms with E-state index in [1.54, 1.807) is 11.3 Å². The third-order valence-electron chi connectivity index (χ3n) is 2.54. The highest BCUT2D eigenvalue weighted by Crippen LogP contribution is 2.31. The van der Waals surface area contributed by atoms with Gasteiger partial charge in [0.1, 0.15) is 0 Å². The Balaban J connectivity index is 2.56. The van der Waals surface area contributed by atoms with E-state index in [0.717, 1.165) is 22.4 Å². The molecule has 0 aliphatic heterocycles. The Bertz CT molecular complexity index is 327. The summed E-state index contributed by atoms with van der Waals surface area (Å²) in [5.41, 5.74) is 0. The molecule has 4 nitrogen and oxygen atoms in total. The van der Waals surface area contributed by atoms with E-state index in [1.807, 2.05) is 30.8 Å². The van der Waals surface area contributed by atoms with E-state index < -0.39 is 0 Å². The first-order chi connectivity index (χ1) is 8.08. The summed E-state index contributed by atoms with van der Waals surface area (Å²) in [6, 6.07) is 0.539. The van der Waals surface area contributed by atoms with Crippen molar-refractivity contribution in [1.82, 2.24) is 15.5 Å². The highest BCUT2D eigenvalue weighted by molar-refractivity contribution is 8.01. The number of hydrogen-bond donors (Lipinski definition) is 1. The highest BCUT2D eigenvalue weighted by Gasteiger charge is 2.18. The van der Waals surface area contributed by atoms with Crippen molar-refractivity contribution in [1.29, 1.82) is 0 Å². The number of hydrogen-bond acceptors (Lipinski definition) is 6. The van der Waals surface area contributed by atoms with Crippen LogP contribution in [0.3, 0.4) is 0 Å². The van der Waals surface area contributed by atoms with Gasteiger partial charge >= 0.3 is 0 Å². The molecule has 1 aromatic heterocycles. The van der Waals surface area contributed by atoms with E-state index in [2.05, 4.69) is 36.3 Å². The van der Waals surface area contributed by atoms with Gasteiger partial charge in [-0.2, -0.15) is 0 Å². The minimum absolute atomic E-state index is 0.517. The van der Waals surface area contributed by atoms with Gasteiger partial charge in [0.25, 0.3) is 0 Å². The van der Waals surface area contributed by atoms with Crippen molar-refractivity contribution in [2.24, 2.45) is 0 Å². The largest absolute Gasteiger partial charge is 0.353 e. The topological polar surface area (TPSA) is 41.1 Å². The fraction of sp³-hybridized carbons (Fsp3) is 0.818. The highest BCUT2D eigenvalue weighted by atomic mass is 32.2. The van der Waals surface area contributed by atoms with E-state index in [-0.39, 0.29) is 0 Å². The molecule has 98 valence electrons. The maximum atomic E-state index is 4.22. The Morgan fingerprint density at radius 2 is 2.06 bits per heavy atom. The summed E-state index contributed by atoms with van der Waals surface area (Å²) in [4.78, 5) is 1.99. The van der Waals surface area contributed by atoms with E-state index in [9.17, 15) is 0 Å². The predicted molar refractivity (Wildman–Crippen MR) is 77.3 cm³/mol. The van der Waals surface area contributed by atoms with Crippen LogP contribution in [0.5, 0.6) is 0 Å². The van der Waals surface area contributed by atoms with Gasteiger partial charge in [-0.3, -0.25) is 0 Å². The summed E-state index contributed by atoms with van der Waals surface area (Å²) < 4.78 is 1.05. The first-order valence-corrected chi connectivity index (χ1v) is 7.68. The van der Waals surface area contributed by atoms with Crippen molar-refractivity contribution >= 4 is 28.2 Å². The van der Waals surface area contributed by atoms with Crippen LogP contribution in [0.25, 0.3) is 0 Å². The van der Waals surface area contributed by atoms with Gasteiger partial charge in [0.05, 0.1) is 0 Å². The molecule has 0 radical (unpaired) electrons. The lowest BCUT2D eigenvalue weighted by atomic mass is 10.2. The molecule has 0 bridgehead atoms. The minimum atomic E-state index is 0.517. The summed E-state index contributed by atoms with van der Waals surface area (Å²) in [6.07, 6.45) is 1.14. The Morgan fingerprint density at radius 3 is 2.53 bits per heavy atom. The number of nitrogens with one attached hydrogen (secondary N) is 1. The van der Waals surface area contributed by atoms with Gasteiger partial charge in [0.15, 0.2) is 4.34 Å². The van der Waals surface area contributed by atoms with Crippen LogP contribution in [0.15, 0.2) is 4.34 Å². The Labute approximate surface area is 112 Å². The van der Waals surface area contributed by atoms with Crippen LogP contribution in [-0.4, -0.2) is 42.1 Å². The molecule has 2 atom stereocenters. The fourth-order valence-corrected chi connectivity index (χ4v) is 3.81. The van der Waals surface area contributed by atoms with Gasteiger partial charge in [0.2, 0.25) is 5.13 Å². The van der Waals surface area contributed by atoms with Crippen molar-refractivity contribution < 1.29 is 0 Å². The second-order valence-corrected chi connectivity index (χ2v) is 6.72. The molecular weight excluding hydrogens is 252 g/mol. The van der Waals surface area contributed by atoms with Crippen molar-refractivity contribution in [3.05, 3.63) is 0 Å². The zero-order valence-electron chi connectivity index (χ0n) is 11.2. The molecule has 0 aromatic carbocycles. The van der Waals surface area contributed by atoms with Crippen LogP contribution in [0.4, 0.5) is 5.13 Å². The molecule has 0 aliphatic carbocycles. The maximum Gasteiger partial charge on any atom is 0.208 e. The molecule has 0 spiro atoms. The molecule has 2 unspecified atom stereocenters. The third kappa shape index (κ3) is 4.44. The van der Waals surface area contributed by atoms with Gasteiger partial charge in [0, 0.05) is 25.4 Å². The van der Waals surface area contributed by atoms with E-state index in [0.29, 0.717) is 11.3 Å². The molecule has 1 aromatic rings. The molecule has 0 amide bonds. The Hall–Kier alpha value is -0.330. The second kappa shape index (κ2) is 7.18. The zero-order valence-corrected chi connectivity index (χ0v) is 12.9. The zero-order chi connectivity index (χ0) is 12.8. The van der Waals surface area contributed by atoms with Crippen molar-refractivity contribution in [3.63, 3.8) is 0 Å². The summed E-state index contributed by atoms with van der Waals surface area (Å²) in [5.74, 6) is 0. The molecule has 0 saturated heterocycles. The van der Waals surface area contributed by atoms with Gasteiger partial charge in [-0.1, -0.05) is 43.9 Å². The van der Waals surface area contributed by atoms with E-state index in [1.165, 1.54) is 0 Å². The monoisotopic (exact) mass is 274 g/mol. The standard InChI is InChI=1S/C11H22N4S2/c1-6-9(12-7-2)8(3)16-11-14-13-10(17-11)15(4)5/h8-9,12H,6-7H2,1-5H3. The lowest BCUT2D eigenvalue weighted by Gasteiger charge is -2.21. The average molecular weight is 274 g/mol. The summed E-state index contributed by atoms with van der Waals surface area (Å²) in [5, 5.41) is 13.4. The molecule has 17 heavy (non-hydrogen) atoms. The molecule has 0 saturated carbocycles. The predicted octanol–water partition coefficient (Wildman–Crippen LogP) is 2.47. The number of rotatable bonds is 7. The van der Waals surface area contributed by atoms with Crippen molar-refractivity contribution in [3.8, 4) is 0 Å². The van der Waals surface area contributed by atoms with E-state index in [4.69, 9.17) is 0 Å². The van der Waals surface area contributed by atoms with Gasteiger partial charge in [-0.15, -0.1) is 10.2 Å². The molecule has 1 heterocycles. The quantitative estimate of drug-likeness (QED) is 0.774. The first-order valence-electron chi connectivity index (χ1n) is 5.99. The Kier molecular flexibility index (Phi) is 6.22. The van der Waals surface area contributed by atoms with Gasteiger partial charge in [-0.05, 0) is 13.0 Å². The number of anilines is 1. The molecule has 1 rings (SSSR count). The maximum absolute atomic E-state index is 4.22. The molecule has 1 N–H and O–H groups in total. The van der Waals surface area contributed by atoms with Crippen LogP contribution >= 0.6 is 23.1 Å². The SMILES string of the molecule is CCNC(CC)C(C)Sc1nnc(N(C)C)s1. The number of nitrogens with zero attached hydrogens (tertiary/aromatic N) is 3. The molecular formula is C11H22N4S2. The van der Waals surface area contributed by atoms with Gasteiger partial charge < -0.3 is 10.2 Å². The Morgan fingerprint density at radius 1 is 1.35 bits per heavy atom. The van der Waals surface area contributed by atoms with Crippen molar-refractivity contribution in [2.45, 2.75) is 42.8 Å². The molecule has 0 aliphatic rings. The summed E-state index contributed by atoms with van der Waals surface area (Å²) in [6.45, 7) is 7.63. The summed E-state index contributed by atoms with van der Waals surface area (Å²) >= 11 is 3.46. The third-order valence-corrected chi connectivity index (χ3v) is 4.95. The number of aromatic nitrogens is 2. The van der Waals surface area contributed by atoms with E-state index >= 15 is 0 Å². The minimum Gasteiger partial charge on any atom is -0.353 e. The van der Waals surface area contributed by atoms with Crippen LogP contribution in [0.2, 0.25) is 0 Å². The summed E-state index contributed by atoms with van der Waals surface area (Å²) in [7, 11) is 3.98. The van der Waals surface area contributed by atoms with Crippen LogP contribution in [0.1, 0.15) is 27.2 Å². The fourth-order valence-electron chi connectivity index (χ4n) is 1.58. The first kappa shape index (κ1) is 14.7. The van der Waals surface area contributed by atoms with Crippen LogP contribution in [-0.2, 0) is 0 Å².